The quantitative estimate of drug-likeness (QED) is 0.796. The number of piperidine rings is 1. The monoisotopic (exact) mass is 409 g/mol. The molecule has 0 radical (unpaired) electrons. The highest BCUT2D eigenvalue weighted by Gasteiger charge is 2.26. The Kier molecular flexibility index (Phi) is 6.47. The van der Waals surface area contributed by atoms with Crippen LogP contribution in [0.25, 0.3) is 0 Å². The van der Waals surface area contributed by atoms with E-state index < -0.39 is 0 Å². The summed E-state index contributed by atoms with van der Waals surface area (Å²) in [5.74, 6) is -0.265. The number of likely N-dealkylation sites (tertiary alicyclic amines) is 1. The van der Waals surface area contributed by atoms with Crippen LogP contribution in [0.5, 0.6) is 0 Å². The summed E-state index contributed by atoms with van der Waals surface area (Å²) in [5.41, 5.74) is 3.14. The lowest BCUT2D eigenvalue weighted by Crippen LogP contribution is -2.37. The Balaban J connectivity index is 1.38. The molecule has 0 spiro atoms. The maximum atomic E-state index is 13.1. The minimum Gasteiger partial charge on any atom is -0.349 e. The van der Waals surface area contributed by atoms with Crippen LogP contribution in [0, 0.1) is 6.92 Å². The number of benzene rings is 1. The number of aryl methyl sites for hydroxylation is 2. The number of fused-ring (bicyclic) bond motifs is 1. The summed E-state index contributed by atoms with van der Waals surface area (Å²) < 4.78 is 1.69. The highest BCUT2D eigenvalue weighted by atomic mass is 16.2. The minimum absolute atomic E-state index is 0.0621. The van der Waals surface area contributed by atoms with Gasteiger partial charge in [0.15, 0.2) is 5.69 Å². The number of carbonyl (C=O) groups is 2. The fourth-order valence-corrected chi connectivity index (χ4v) is 4.21. The predicted molar refractivity (Wildman–Crippen MR) is 115 cm³/mol. The number of amides is 2. The second-order valence-electron chi connectivity index (χ2n) is 8.36. The maximum absolute atomic E-state index is 13.1. The van der Waals surface area contributed by atoms with Crippen LogP contribution in [0.3, 0.4) is 0 Å². The number of hydrogen-bond acceptors (Lipinski definition) is 4. The average molecular weight is 410 g/mol. The fourth-order valence-electron chi connectivity index (χ4n) is 4.21. The Bertz CT molecular complexity index is 883. The van der Waals surface area contributed by atoms with E-state index >= 15 is 0 Å². The molecule has 160 valence electrons. The number of nitrogens with zero attached hydrogens (tertiary/aromatic N) is 4. The van der Waals surface area contributed by atoms with Crippen molar-refractivity contribution in [2.75, 3.05) is 32.7 Å². The van der Waals surface area contributed by atoms with E-state index in [1.807, 2.05) is 4.90 Å². The molecule has 7 heteroatoms. The van der Waals surface area contributed by atoms with Gasteiger partial charge in [0, 0.05) is 38.8 Å². The Morgan fingerprint density at radius 3 is 2.57 bits per heavy atom. The first kappa shape index (κ1) is 20.6. The van der Waals surface area contributed by atoms with Crippen molar-refractivity contribution in [3.05, 3.63) is 52.8 Å². The summed E-state index contributed by atoms with van der Waals surface area (Å²) in [6.07, 6.45) is 4.60. The summed E-state index contributed by atoms with van der Waals surface area (Å²) in [7, 11) is 0. The SMILES string of the molecule is Cc1ccc(CN2CCCn3nc(C(=O)NCCN4CCCCC4)cc3C2=O)cc1. The van der Waals surface area contributed by atoms with E-state index in [1.54, 1.807) is 10.7 Å². The van der Waals surface area contributed by atoms with E-state index in [2.05, 4.69) is 46.5 Å². The van der Waals surface area contributed by atoms with Crippen molar-refractivity contribution in [1.29, 1.82) is 0 Å². The third kappa shape index (κ3) is 4.90. The molecule has 3 heterocycles. The Morgan fingerprint density at radius 1 is 1.03 bits per heavy atom. The summed E-state index contributed by atoms with van der Waals surface area (Å²) in [5, 5.41) is 7.38. The molecule has 2 amide bonds. The number of hydrogen-bond donors (Lipinski definition) is 1. The zero-order chi connectivity index (χ0) is 20.9. The lowest BCUT2D eigenvalue weighted by atomic mass is 10.1. The Hall–Kier alpha value is -2.67. The van der Waals surface area contributed by atoms with Gasteiger partial charge in [-0.3, -0.25) is 14.3 Å². The van der Waals surface area contributed by atoms with Crippen LogP contribution in [-0.4, -0.2) is 64.1 Å². The lowest BCUT2D eigenvalue weighted by molar-refractivity contribution is 0.0745. The largest absolute Gasteiger partial charge is 0.349 e. The molecule has 4 rings (SSSR count). The highest BCUT2D eigenvalue weighted by Crippen LogP contribution is 2.17. The Morgan fingerprint density at radius 2 is 1.80 bits per heavy atom. The van der Waals surface area contributed by atoms with Crippen molar-refractivity contribution in [2.45, 2.75) is 45.7 Å². The number of nitrogens with one attached hydrogen (secondary N) is 1. The molecular weight excluding hydrogens is 378 g/mol. The summed E-state index contributed by atoms with van der Waals surface area (Å²) >= 11 is 0. The minimum atomic E-state index is -0.203. The summed E-state index contributed by atoms with van der Waals surface area (Å²) in [6.45, 7) is 7.65. The molecule has 2 aromatic rings. The van der Waals surface area contributed by atoms with Gasteiger partial charge in [0.1, 0.15) is 5.69 Å². The van der Waals surface area contributed by atoms with Gasteiger partial charge in [-0.1, -0.05) is 36.2 Å². The molecule has 1 saturated heterocycles. The van der Waals surface area contributed by atoms with Crippen LogP contribution in [0.15, 0.2) is 30.3 Å². The molecule has 1 N–H and O–H groups in total. The zero-order valence-corrected chi connectivity index (χ0v) is 17.8. The van der Waals surface area contributed by atoms with E-state index in [0.717, 1.165) is 31.6 Å². The van der Waals surface area contributed by atoms with Gasteiger partial charge in [0.25, 0.3) is 11.8 Å². The molecule has 1 aromatic carbocycles. The van der Waals surface area contributed by atoms with Crippen molar-refractivity contribution in [3.8, 4) is 0 Å². The van der Waals surface area contributed by atoms with Crippen molar-refractivity contribution >= 4 is 11.8 Å². The molecule has 2 aliphatic rings. The zero-order valence-electron chi connectivity index (χ0n) is 17.8. The van der Waals surface area contributed by atoms with Crippen molar-refractivity contribution in [1.82, 2.24) is 24.9 Å². The van der Waals surface area contributed by atoms with Crippen LogP contribution in [0.4, 0.5) is 0 Å². The molecule has 0 bridgehead atoms. The van der Waals surface area contributed by atoms with Gasteiger partial charge in [0.05, 0.1) is 0 Å². The van der Waals surface area contributed by atoms with Crippen molar-refractivity contribution in [3.63, 3.8) is 0 Å². The molecule has 0 unspecified atom stereocenters. The standard InChI is InChI=1S/C23H31N5O2/c1-18-6-8-19(9-7-18)17-27-13-5-14-28-21(23(27)30)16-20(25-28)22(29)24-10-15-26-11-3-2-4-12-26/h6-9,16H,2-5,10-15,17H2,1H3,(H,24,29). The van der Waals surface area contributed by atoms with E-state index in [4.69, 9.17) is 0 Å². The molecule has 0 saturated carbocycles. The van der Waals surface area contributed by atoms with Gasteiger partial charge in [0.2, 0.25) is 0 Å². The topological polar surface area (TPSA) is 70.5 Å². The average Bonchev–Trinajstić information content (AvgIpc) is 3.13. The van der Waals surface area contributed by atoms with Gasteiger partial charge < -0.3 is 15.1 Å². The number of rotatable bonds is 6. The first-order valence-corrected chi connectivity index (χ1v) is 11.0. The molecule has 1 aromatic heterocycles. The number of aromatic nitrogens is 2. The van der Waals surface area contributed by atoms with Crippen LogP contribution in [0.2, 0.25) is 0 Å². The summed E-state index contributed by atoms with van der Waals surface area (Å²) in [6, 6.07) is 9.90. The van der Waals surface area contributed by atoms with Crippen LogP contribution < -0.4 is 5.32 Å². The molecule has 1 fully saturated rings. The Labute approximate surface area is 178 Å². The van der Waals surface area contributed by atoms with Crippen molar-refractivity contribution in [2.24, 2.45) is 0 Å². The third-order valence-electron chi connectivity index (χ3n) is 5.97. The predicted octanol–water partition coefficient (Wildman–Crippen LogP) is 2.45. The molecule has 0 atom stereocenters. The van der Waals surface area contributed by atoms with Crippen molar-refractivity contribution < 1.29 is 9.59 Å². The van der Waals surface area contributed by atoms with Crippen LogP contribution >= 0.6 is 0 Å². The third-order valence-corrected chi connectivity index (χ3v) is 5.97. The fraction of sp³-hybridized carbons (Fsp3) is 0.522. The molecule has 30 heavy (non-hydrogen) atoms. The molecular formula is C23H31N5O2. The van der Waals surface area contributed by atoms with E-state index in [1.165, 1.54) is 24.8 Å². The molecule has 7 nitrogen and oxygen atoms in total. The van der Waals surface area contributed by atoms with E-state index in [-0.39, 0.29) is 11.8 Å². The molecule has 2 aliphatic heterocycles. The normalized spacial score (nSPS) is 17.5. The molecule has 0 aliphatic carbocycles. The van der Waals surface area contributed by atoms with Gasteiger partial charge >= 0.3 is 0 Å². The van der Waals surface area contributed by atoms with E-state index in [9.17, 15) is 9.59 Å². The van der Waals surface area contributed by atoms with Crippen LogP contribution in [-0.2, 0) is 13.1 Å². The maximum Gasteiger partial charge on any atom is 0.272 e. The number of carbonyl (C=O) groups excluding carboxylic acids is 2. The lowest BCUT2D eigenvalue weighted by Gasteiger charge is -2.26. The van der Waals surface area contributed by atoms with E-state index in [0.29, 0.717) is 37.6 Å². The van der Waals surface area contributed by atoms with Gasteiger partial charge in [-0.2, -0.15) is 5.10 Å². The first-order valence-electron chi connectivity index (χ1n) is 11.0. The second-order valence-corrected chi connectivity index (χ2v) is 8.36. The first-order chi connectivity index (χ1) is 14.6. The van der Waals surface area contributed by atoms with Gasteiger partial charge in [-0.05, 0) is 44.8 Å². The highest BCUT2D eigenvalue weighted by molar-refractivity contribution is 5.98. The van der Waals surface area contributed by atoms with Crippen LogP contribution in [0.1, 0.15) is 57.8 Å². The summed E-state index contributed by atoms with van der Waals surface area (Å²) in [4.78, 5) is 29.9. The second kappa shape index (κ2) is 9.43. The smallest absolute Gasteiger partial charge is 0.272 e. The van der Waals surface area contributed by atoms with Gasteiger partial charge in [-0.25, -0.2) is 0 Å². The van der Waals surface area contributed by atoms with Gasteiger partial charge in [-0.15, -0.1) is 0 Å².